The molecule has 70 heavy (non-hydrogen) atoms. The molecule has 3 aliphatic carbocycles. The van der Waals surface area contributed by atoms with Crippen molar-refractivity contribution in [3.05, 3.63) is 317 Å². The Morgan fingerprint density at radius 1 is 0.371 bits per heavy atom. The van der Waals surface area contributed by atoms with Gasteiger partial charge in [0.1, 0.15) is 0 Å². The van der Waals surface area contributed by atoms with Crippen LogP contribution in [-0.2, 0) is 10.8 Å². The number of hydrogen-bond acceptors (Lipinski definition) is 1. The lowest BCUT2D eigenvalue weighted by Crippen LogP contribution is -2.34. The van der Waals surface area contributed by atoms with Crippen LogP contribution in [0.25, 0.3) is 49.7 Å². The second-order valence-electron chi connectivity index (χ2n) is 19.4. The zero-order valence-corrected chi connectivity index (χ0v) is 38.5. The van der Waals surface area contributed by atoms with Gasteiger partial charge in [-0.25, -0.2) is 0 Å². The number of para-hydroxylation sites is 2. The van der Waals surface area contributed by atoms with Gasteiger partial charge in [0.05, 0.1) is 33.6 Å². The molecule has 15 rings (SSSR count). The SMILES string of the molecule is C1=CC2C(C=C1C1(c3ccccc3)c3ccccc3-c3ccccc31)c1ccc3c4cc(C5(c6ccccc6)c6ccccc6-c6ccccc65)ccc4n(-c4ccccc4)c3c1N2c1ccccc1. The molecule has 0 spiro atoms. The predicted octanol–water partition coefficient (Wildman–Crippen LogP) is 16.3. The molecule has 2 unspecified atom stereocenters. The van der Waals surface area contributed by atoms with Gasteiger partial charge < -0.3 is 9.47 Å². The lowest BCUT2D eigenvalue weighted by Gasteiger charge is -2.38. The second kappa shape index (κ2) is 14.9. The van der Waals surface area contributed by atoms with Crippen molar-refractivity contribution in [1.29, 1.82) is 0 Å². The first-order chi connectivity index (χ1) is 34.8. The van der Waals surface area contributed by atoms with Gasteiger partial charge in [-0.1, -0.05) is 231 Å². The fourth-order valence-electron chi connectivity index (χ4n) is 13.6. The zero-order valence-electron chi connectivity index (χ0n) is 38.5. The Kier molecular flexibility index (Phi) is 8.36. The van der Waals surface area contributed by atoms with Gasteiger partial charge in [-0.05, 0) is 109 Å². The quantitative estimate of drug-likeness (QED) is 0.161. The number of anilines is 2. The fourth-order valence-corrected chi connectivity index (χ4v) is 13.6. The molecule has 0 radical (unpaired) electrons. The van der Waals surface area contributed by atoms with Crippen LogP contribution in [0.4, 0.5) is 11.4 Å². The maximum absolute atomic E-state index is 2.64. The number of hydrogen-bond donors (Lipinski definition) is 0. The Balaban J connectivity index is 1.02. The van der Waals surface area contributed by atoms with Crippen molar-refractivity contribution in [2.24, 2.45) is 0 Å². The highest BCUT2D eigenvalue weighted by Gasteiger charge is 2.50. The van der Waals surface area contributed by atoms with Gasteiger partial charge in [0, 0.05) is 28.1 Å². The zero-order chi connectivity index (χ0) is 46.0. The van der Waals surface area contributed by atoms with E-state index in [-0.39, 0.29) is 12.0 Å². The Morgan fingerprint density at radius 3 is 1.40 bits per heavy atom. The van der Waals surface area contributed by atoms with Gasteiger partial charge in [0.15, 0.2) is 0 Å². The van der Waals surface area contributed by atoms with E-state index in [4.69, 9.17) is 0 Å². The van der Waals surface area contributed by atoms with Crippen molar-refractivity contribution >= 4 is 33.2 Å². The first kappa shape index (κ1) is 39.3. The Labute approximate surface area is 408 Å². The summed E-state index contributed by atoms with van der Waals surface area (Å²) < 4.78 is 2.55. The second-order valence-corrected chi connectivity index (χ2v) is 19.4. The van der Waals surface area contributed by atoms with Gasteiger partial charge in [-0.3, -0.25) is 0 Å². The average molecular weight is 891 g/mol. The van der Waals surface area contributed by atoms with Gasteiger partial charge in [0.25, 0.3) is 0 Å². The molecule has 2 heteroatoms. The van der Waals surface area contributed by atoms with Crippen LogP contribution in [0.1, 0.15) is 50.4 Å². The molecular weight excluding hydrogens is 845 g/mol. The van der Waals surface area contributed by atoms with Crippen LogP contribution in [-0.4, -0.2) is 10.6 Å². The van der Waals surface area contributed by atoms with Gasteiger partial charge in [0.2, 0.25) is 0 Å². The van der Waals surface area contributed by atoms with E-state index in [1.807, 2.05) is 0 Å². The van der Waals surface area contributed by atoms with Crippen LogP contribution in [0.15, 0.2) is 273 Å². The van der Waals surface area contributed by atoms with Crippen LogP contribution >= 0.6 is 0 Å². The molecule has 328 valence electrons. The maximum Gasteiger partial charge on any atom is 0.0782 e. The van der Waals surface area contributed by atoms with E-state index in [1.165, 1.54) is 106 Å². The molecule has 0 fully saturated rings. The number of fused-ring (bicyclic) bond motifs is 13. The van der Waals surface area contributed by atoms with E-state index in [9.17, 15) is 0 Å². The van der Waals surface area contributed by atoms with Crippen LogP contribution in [0, 0.1) is 0 Å². The topological polar surface area (TPSA) is 8.17 Å². The molecule has 0 amide bonds. The molecule has 2 atom stereocenters. The van der Waals surface area contributed by atoms with Gasteiger partial charge in [-0.15, -0.1) is 0 Å². The van der Waals surface area contributed by atoms with Crippen LogP contribution in [0.2, 0.25) is 0 Å². The van der Waals surface area contributed by atoms with E-state index < -0.39 is 10.8 Å². The molecule has 0 bridgehead atoms. The van der Waals surface area contributed by atoms with Crippen LogP contribution in [0.3, 0.4) is 0 Å². The minimum absolute atomic E-state index is 0.0529. The molecule has 10 aromatic carbocycles. The average Bonchev–Trinajstić information content (AvgIpc) is 4.15. The normalized spacial score (nSPS) is 17.4. The van der Waals surface area contributed by atoms with E-state index in [1.54, 1.807) is 0 Å². The van der Waals surface area contributed by atoms with E-state index in [0.717, 1.165) is 5.69 Å². The van der Waals surface area contributed by atoms with E-state index in [2.05, 4.69) is 276 Å². The van der Waals surface area contributed by atoms with Gasteiger partial charge >= 0.3 is 0 Å². The third kappa shape index (κ3) is 5.12. The first-order valence-corrected chi connectivity index (χ1v) is 24.7. The summed E-state index contributed by atoms with van der Waals surface area (Å²) >= 11 is 0. The number of nitrogens with zero attached hydrogens (tertiary/aromatic N) is 2. The third-order valence-electron chi connectivity index (χ3n) is 16.3. The highest BCUT2D eigenvalue weighted by atomic mass is 15.2. The van der Waals surface area contributed by atoms with Crippen molar-refractivity contribution in [3.63, 3.8) is 0 Å². The van der Waals surface area contributed by atoms with E-state index >= 15 is 0 Å². The van der Waals surface area contributed by atoms with Gasteiger partial charge in [-0.2, -0.15) is 0 Å². The molecule has 2 nitrogen and oxygen atoms in total. The summed E-state index contributed by atoms with van der Waals surface area (Å²) in [5.41, 5.74) is 22.0. The lowest BCUT2D eigenvalue weighted by atomic mass is 9.65. The highest BCUT2D eigenvalue weighted by molar-refractivity contribution is 6.15. The fraction of sp³-hybridized carbons (Fsp3) is 0.0588. The van der Waals surface area contributed by atoms with Crippen LogP contribution in [0.5, 0.6) is 0 Å². The first-order valence-electron chi connectivity index (χ1n) is 24.7. The number of aromatic nitrogens is 1. The molecule has 11 aromatic rings. The standard InChI is InChI=1S/C68H46N2/c1-5-21-45(22-6-1)67(59-33-17-13-29-51(59)52-30-14-18-34-60(52)67)47-37-41-63-57(43-47)55-39-40-56-58-44-48(68(46-23-7-2-8-24-46)61-35-19-15-31-53(61)54-32-16-20-36-62(54)68)38-42-64(58)70(50-27-11-4-12-28-50)66(56)65(55)69(63)49-25-9-3-10-26-49/h1-44,57,63H. The minimum Gasteiger partial charge on any atom is -0.332 e. The predicted molar refractivity (Wildman–Crippen MR) is 289 cm³/mol. The molecule has 0 saturated carbocycles. The summed E-state index contributed by atoms with van der Waals surface area (Å²) in [4.78, 5) is 2.64. The minimum atomic E-state index is -0.510. The Hall–Kier alpha value is -8.72. The molecule has 0 saturated heterocycles. The van der Waals surface area contributed by atoms with Crippen molar-refractivity contribution in [2.75, 3.05) is 4.90 Å². The summed E-state index contributed by atoms with van der Waals surface area (Å²) in [5.74, 6) is 0.0748. The molecular formula is C68H46N2. The van der Waals surface area contributed by atoms with E-state index in [0.29, 0.717) is 0 Å². The molecule has 1 aromatic heterocycles. The Bertz CT molecular complexity index is 3860. The molecule has 4 aliphatic rings. The summed E-state index contributed by atoms with van der Waals surface area (Å²) in [6.07, 6.45) is 7.61. The van der Waals surface area contributed by atoms with Crippen molar-refractivity contribution in [2.45, 2.75) is 22.8 Å². The largest absolute Gasteiger partial charge is 0.332 e. The monoisotopic (exact) mass is 890 g/mol. The highest BCUT2D eigenvalue weighted by Crippen LogP contribution is 2.61. The molecule has 0 N–H and O–H groups in total. The summed E-state index contributed by atoms with van der Waals surface area (Å²) in [6.45, 7) is 0. The number of benzene rings is 10. The number of allylic oxidation sites excluding steroid dienone is 2. The summed E-state index contributed by atoms with van der Waals surface area (Å²) in [5, 5.41) is 2.49. The Morgan fingerprint density at radius 2 is 0.843 bits per heavy atom. The van der Waals surface area contributed by atoms with Crippen LogP contribution < -0.4 is 4.90 Å². The lowest BCUT2D eigenvalue weighted by molar-refractivity contribution is 0.694. The van der Waals surface area contributed by atoms with Crippen molar-refractivity contribution < 1.29 is 0 Å². The molecule has 1 aliphatic heterocycles. The van der Waals surface area contributed by atoms with Crippen molar-refractivity contribution in [3.8, 4) is 27.9 Å². The smallest absolute Gasteiger partial charge is 0.0782 e. The maximum atomic E-state index is 2.64. The van der Waals surface area contributed by atoms with Crippen molar-refractivity contribution in [1.82, 2.24) is 4.57 Å². The summed E-state index contributed by atoms with van der Waals surface area (Å²) in [7, 11) is 0. The summed E-state index contributed by atoms with van der Waals surface area (Å²) in [6, 6.07) is 93.1. The molecule has 2 heterocycles. The number of rotatable bonds is 6. The third-order valence-corrected chi connectivity index (χ3v) is 16.3.